The fourth-order valence-electron chi connectivity index (χ4n) is 1.58. The Labute approximate surface area is 111 Å². The predicted molar refractivity (Wildman–Crippen MR) is 77.0 cm³/mol. The Morgan fingerprint density at radius 1 is 1.18 bits per heavy atom. The summed E-state index contributed by atoms with van der Waals surface area (Å²) in [5, 5.41) is 3.49. The van der Waals surface area contributed by atoms with Crippen molar-refractivity contribution in [3.05, 3.63) is 46.4 Å². The van der Waals surface area contributed by atoms with Crippen molar-refractivity contribution >= 4 is 23.1 Å². The molecule has 1 aromatic heterocycles. The van der Waals surface area contributed by atoms with Crippen LogP contribution in [0.5, 0.6) is 0 Å². The number of thioether (sulfide) groups is 1. The Balaban J connectivity index is 1.78. The summed E-state index contributed by atoms with van der Waals surface area (Å²) in [6, 6.07) is 10.6. The Morgan fingerprint density at radius 2 is 2.00 bits per heavy atom. The third-order valence-corrected chi connectivity index (χ3v) is 4.40. The summed E-state index contributed by atoms with van der Waals surface area (Å²) in [7, 11) is 0. The minimum Gasteiger partial charge on any atom is -0.246 e. The molecule has 2 aromatic rings. The number of thiazole rings is 1. The van der Waals surface area contributed by atoms with Gasteiger partial charge in [0.1, 0.15) is 0 Å². The van der Waals surface area contributed by atoms with E-state index in [2.05, 4.69) is 47.6 Å². The molecule has 0 saturated carbocycles. The van der Waals surface area contributed by atoms with Crippen LogP contribution in [0.4, 0.5) is 0 Å². The quantitative estimate of drug-likeness (QED) is 0.715. The average molecular weight is 263 g/mol. The SMILES string of the molecule is CCCc1nc(CCSc2ccccc2)cs1. The van der Waals surface area contributed by atoms with Crippen molar-refractivity contribution in [2.75, 3.05) is 5.75 Å². The van der Waals surface area contributed by atoms with Crippen LogP contribution in [0.25, 0.3) is 0 Å². The van der Waals surface area contributed by atoms with E-state index in [9.17, 15) is 0 Å². The fraction of sp³-hybridized carbons (Fsp3) is 0.357. The standard InChI is InChI=1S/C14H17NS2/c1-2-6-14-15-12(11-17-14)9-10-16-13-7-4-3-5-8-13/h3-5,7-8,11H,2,6,9-10H2,1H3. The van der Waals surface area contributed by atoms with E-state index in [4.69, 9.17) is 0 Å². The van der Waals surface area contributed by atoms with Gasteiger partial charge in [0.05, 0.1) is 10.7 Å². The second-order valence-electron chi connectivity index (χ2n) is 3.89. The highest BCUT2D eigenvalue weighted by atomic mass is 32.2. The lowest BCUT2D eigenvalue weighted by Gasteiger charge is -1.99. The van der Waals surface area contributed by atoms with Crippen LogP contribution >= 0.6 is 23.1 Å². The van der Waals surface area contributed by atoms with E-state index in [0.717, 1.165) is 18.6 Å². The van der Waals surface area contributed by atoms with Gasteiger partial charge in [0.15, 0.2) is 0 Å². The van der Waals surface area contributed by atoms with E-state index in [1.807, 2.05) is 11.8 Å². The summed E-state index contributed by atoms with van der Waals surface area (Å²) < 4.78 is 0. The Hall–Kier alpha value is -0.800. The van der Waals surface area contributed by atoms with Crippen molar-refractivity contribution in [2.24, 2.45) is 0 Å². The maximum absolute atomic E-state index is 4.64. The molecule has 0 atom stereocenters. The van der Waals surface area contributed by atoms with E-state index in [-0.39, 0.29) is 0 Å². The Bertz CT molecular complexity index is 436. The predicted octanol–water partition coefficient (Wildman–Crippen LogP) is 4.43. The highest BCUT2D eigenvalue weighted by molar-refractivity contribution is 7.99. The minimum absolute atomic E-state index is 1.07. The summed E-state index contributed by atoms with van der Waals surface area (Å²) in [5.41, 5.74) is 1.25. The second-order valence-corrected chi connectivity index (χ2v) is 6.01. The maximum Gasteiger partial charge on any atom is 0.0928 e. The van der Waals surface area contributed by atoms with Crippen LogP contribution < -0.4 is 0 Å². The number of aryl methyl sites for hydroxylation is 2. The van der Waals surface area contributed by atoms with E-state index < -0.39 is 0 Å². The smallest absolute Gasteiger partial charge is 0.0928 e. The van der Waals surface area contributed by atoms with Gasteiger partial charge >= 0.3 is 0 Å². The van der Waals surface area contributed by atoms with E-state index in [0.29, 0.717) is 0 Å². The van der Waals surface area contributed by atoms with Crippen molar-refractivity contribution in [3.63, 3.8) is 0 Å². The summed E-state index contributed by atoms with van der Waals surface area (Å²) >= 11 is 3.70. The lowest BCUT2D eigenvalue weighted by molar-refractivity contribution is 0.895. The van der Waals surface area contributed by atoms with Crippen LogP contribution in [0, 0.1) is 0 Å². The minimum atomic E-state index is 1.07. The van der Waals surface area contributed by atoms with Crippen molar-refractivity contribution in [3.8, 4) is 0 Å². The molecular weight excluding hydrogens is 246 g/mol. The average Bonchev–Trinajstić information content (AvgIpc) is 2.79. The van der Waals surface area contributed by atoms with Crippen LogP contribution in [0.2, 0.25) is 0 Å². The zero-order valence-electron chi connectivity index (χ0n) is 10.1. The lowest BCUT2D eigenvalue weighted by Crippen LogP contribution is -1.90. The van der Waals surface area contributed by atoms with Gasteiger partial charge in [0, 0.05) is 16.0 Å². The van der Waals surface area contributed by atoms with Crippen LogP contribution in [0.3, 0.4) is 0 Å². The number of aromatic nitrogens is 1. The first-order chi connectivity index (χ1) is 8.38. The second kappa shape index (κ2) is 6.82. The molecule has 0 N–H and O–H groups in total. The molecule has 1 nitrogen and oxygen atoms in total. The molecule has 0 fully saturated rings. The normalized spacial score (nSPS) is 10.6. The van der Waals surface area contributed by atoms with Gasteiger partial charge in [0.2, 0.25) is 0 Å². The molecule has 0 spiro atoms. The molecule has 0 aliphatic rings. The molecule has 0 bridgehead atoms. The molecule has 90 valence electrons. The summed E-state index contributed by atoms with van der Waals surface area (Å²) in [6.45, 7) is 2.20. The van der Waals surface area contributed by atoms with Gasteiger partial charge in [-0.25, -0.2) is 4.98 Å². The first kappa shape index (κ1) is 12.7. The third-order valence-electron chi connectivity index (χ3n) is 2.43. The number of hydrogen-bond acceptors (Lipinski definition) is 3. The van der Waals surface area contributed by atoms with Gasteiger partial charge in [-0.05, 0) is 31.4 Å². The van der Waals surface area contributed by atoms with E-state index >= 15 is 0 Å². The lowest BCUT2D eigenvalue weighted by atomic mass is 10.3. The fourth-order valence-corrected chi connectivity index (χ4v) is 3.41. The molecule has 0 radical (unpaired) electrons. The summed E-state index contributed by atoms with van der Waals surface area (Å²) in [6.07, 6.45) is 3.38. The van der Waals surface area contributed by atoms with Crippen LogP contribution in [0.15, 0.2) is 40.6 Å². The van der Waals surface area contributed by atoms with Crippen LogP contribution in [0.1, 0.15) is 24.0 Å². The van der Waals surface area contributed by atoms with Gasteiger partial charge in [0.25, 0.3) is 0 Å². The molecular formula is C14H17NS2. The highest BCUT2D eigenvalue weighted by Gasteiger charge is 2.01. The molecule has 0 saturated heterocycles. The molecule has 3 heteroatoms. The Morgan fingerprint density at radius 3 is 2.76 bits per heavy atom. The van der Waals surface area contributed by atoms with Crippen LogP contribution in [-0.4, -0.2) is 10.7 Å². The zero-order chi connectivity index (χ0) is 11.9. The molecule has 0 aliphatic carbocycles. The first-order valence-corrected chi connectivity index (χ1v) is 7.86. The first-order valence-electron chi connectivity index (χ1n) is 5.99. The van der Waals surface area contributed by atoms with Gasteiger partial charge in [-0.3, -0.25) is 0 Å². The summed E-state index contributed by atoms with van der Waals surface area (Å²) in [5.74, 6) is 1.11. The van der Waals surface area contributed by atoms with Gasteiger partial charge in [-0.15, -0.1) is 23.1 Å². The van der Waals surface area contributed by atoms with Crippen molar-refractivity contribution in [1.82, 2.24) is 4.98 Å². The molecule has 0 amide bonds. The molecule has 0 unspecified atom stereocenters. The van der Waals surface area contributed by atoms with Gasteiger partial charge in [-0.2, -0.15) is 0 Å². The largest absolute Gasteiger partial charge is 0.246 e. The number of benzene rings is 1. The van der Waals surface area contributed by atoms with Crippen LogP contribution in [-0.2, 0) is 12.8 Å². The Kier molecular flexibility index (Phi) is 5.08. The van der Waals surface area contributed by atoms with Crippen molar-refractivity contribution in [1.29, 1.82) is 0 Å². The monoisotopic (exact) mass is 263 g/mol. The molecule has 17 heavy (non-hydrogen) atoms. The van der Waals surface area contributed by atoms with E-state index in [1.54, 1.807) is 11.3 Å². The topological polar surface area (TPSA) is 12.9 Å². The number of rotatable bonds is 6. The number of hydrogen-bond donors (Lipinski definition) is 0. The maximum atomic E-state index is 4.64. The van der Waals surface area contributed by atoms with E-state index in [1.165, 1.54) is 22.0 Å². The highest BCUT2D eigenvalue weighted by Crippen LogP contribution is 2.19. The summed E-state index contributed by atoms with van der Waals surface area (Å²) in [4.78, 5) is 5.98. The molecule has 0 aliphatic heterocycles. The van der Waals surface area contributed by atoms with Gasteiger partial charge in [-0.1, -0.05) is 25.1 Å². The van der Waals surface area contributed by atoms with Gasteiger partial charge < -0.3 is 0 Å². The zero-order valence-corrected chi connectivity index (χ0v) is 11.7. The molecule has 2 rings (SSSR count). The third kappa shape index (κ3) is 4.17. The molecule has 1 heterocycles. The molecule has 1 aromatic carbocycles. The van der Waals surface area contributed by atoms with Crippen molar-refractivity contribution < 1.29 is 0 Å². The van der Waals surface area contributed by atoms with Crippen molar-refractivity contribution in [2.45, 2.75) is 31.1 Å². The number of nitrogens with zero attached hydrogens (tertiary/aromatic N) is 1.